The molecule has 0 spiro atoms. The molecule has 1 aliphatic heterocycles. The summed E-state index contributed by atoms with van der Waals surface area (Å²) in [5.74, 6) is 0.632. The molecular weight excluding hydrogens is 269 g/mol. The lowest BCUT2D eigenvalue weighted by Crippen LogP contribution is -2.24. The van der Waals surface area contributed by atoms with Gasteiger partial charge in [-0.15, -0.1) is 0 Å². The van der Waals surface area contributed by atoms with E-state index in [2.05, 4.69) is 0 Å². The first-order chi connectivity index (χ1) is 9.95. The predicted octanol–water partition coefficient (Wildman–Crippen LogP) is 3.67. The quantitative estimate of drug-likeness (QED) is 0.841. The summed E-state index contributed by atoms with van der Waals surface area (Å²) >= 11 is 0. The van der Waals surface area contributed by atoms with Gasteiger partial charge in [-0.25, -0.2) is 4.39 Å². The average Bonchev–Trinajstić information content (AvgIpc) is 2.44. The molecule has 2 aromatic rings. The van der Waals surface area contributed by atoms with Crippen molar-refractivity contribution in [1.29, 1.82) is 0 Å². The van der Waals surface area contributed by atoms with Crippen LogP contribution in [0.2, 0.25) is 0 Å². The number of aryl methyl sites for hydroxylation is 2. The van der Waals surface area contributed by atoms with Gasteiger partial charge in [-0.05, 0) is 60.9 Å². The van der Waals surface area contributed by atoms with Crippen molar-refractivity contribution >= 4 is 0 Å². The second-order valence-corrected chi connectivity index (χ2v) is 5.63. The fraction of sp³-hybridized carbons (Fsp3) is 0.294. The molecule has 110 valence electrons. The van der Waals surface area contributed by atoms with Crippen LogP contribution in [0.5, 0.6) is 11.5 Å². The van der Waals surface area contributed by atoms with Gasteiger partial charge < -0.3 is 15.6 Å². The smallest absolute Gasteiger partial charge is 0.126 e. The molecule has 3 rings (SSSR count). The maximum Gasteiger partial charge on any atom is 0.126 e. The van der Waals surface area contributed by atoms with Crippen LogP contribution in [-0.2, 0) is 0 Å². The molecule has 0 bridgehead atoms. The zero-order valence-corrected chi connectivity index (χ0v) is 12.1. The zero-order valence-electron chi connectivity index (χ0n) is 12.1. The number of fused-ring (bicyclic) bond motifs is 1. The van der Waals surface area contributed by atoms with Crippen LogP contribution in [0.3, 0.4) is 0 Å². The summed E-state index contributed by atoms with van der Waals surface area (Å²) in [5, 5.41) is 9.86. The molecule has 0 amide bonds. The van der Waals surface area contributed by atoms with Crippen LogP contribution in [0.25, 0.3) is 0 Å². The number of phenols is 1. The molecule has 0 aliphatic carbocycles. The number of benzene rings is 2. The summed E-state index contributed by atoms with van der Waals surface area (Å²) in [7, 11) is 0. The molecule has 1 aliphatic rings. The molecule has 21 heavy (non-hydrogen) atoms. The van der Waals surface area contributed by atoms with Gasteiger partial charge in [-0.1, -0.05) is 0 Å². The zero-order chi connectivity index (χ0) is 15.1. The second kappa shape index (κ2) is 5.04. The van der Waals surface area contributed by atoms with E-state index in [9.17, 15) is 9.50 Å². The maximum atomic E-state index is 13.3. The first kappa shape index (κ1) is 13.9. The van der Waals surface area contributed by atoms with Crippen molar-refractivity contribution in [2.45, 2.75) is 32.4 Å². The fourth-order valence-electron chi connectivity index (χ4n) is 2.85. The Morgan fingerprint density at radius 1 is 1.19 bits per heavy atom. The Labute approximate surface area is 123 Å². The number of halogens is 1. The predicted molar refractivity (Wildman–Crippen MR) is 78.9 cm³/mol. The minimum atomic E-state index is -0.303. The second-order valence-electron chi connectivity index (χ2n) is 5.63. The lowest BCUT2D eigenvalue weighted by atomic mass is 9.92. The number of hydrogen-bond donors (Lipinski definition) is 2. The molecule has 2 unspecified atom stereocenters. The van der Waals surface area contributed by atoms with Gasteiger partial charge in [-0.3, -0.25) is 0 Å². The number of phenolic OH excluding ortho intramolecular Hbond substituents is 1. The average molecular weight is 287 g/mol. The van der Waals surface area contributed by atoms with Crippen molar-refractivity contribution < 1.29 is 14.2 Å². The summed E-state index contributed by atoms with van der Waals surface area (Å²) in [6.45, 7) is 3.72. The van der Waals surface area contributed by atoms with Gasteiger partial charge in [0.2, 0.25) is 0 Å². The van der Waals surface area contributed by atoms with E-state index in [-0.39, 0.29) is 18.0 Å². The van der Waals surface area contributed by atoms with Crippen molar-refractivity contribution in [3.05, 3.63) is 58.4 Å². The van der Waals surface area contributed by atoms with E-state index in [1.807, 2.05) is 26.0 Å². The summed E-state index contributed by atoms with van der Waals surface area (Å²) in [6, 6.07) is 7.99. The van der Waals surface area contributed by atoms with Crippen molar-refractivity contribution in [3.8, 4) is 11.5 Å². The molecular formula is C17H18FNO2. The Morgan fingerprint density at radius 3 is 2.52 bits per heavy atom. The van der Waals surface area contributed by atoms with Gasteiger partial charge >= 0.3 is 0 Å². The van der Waals surface area contributed by atoms with Crippen LogP contribution in [0.1, 0.15) is 40.8 Å². The van der Waals surface area contributed by atoms with Crippen LogP contribution in [0.15, 0.2) is 30.3 Å². The largest absolute Gasteiger partial charge is 0.507 e. The Bertz CT molecular complexity index is 676. The summed E-state index contributed by atoms with van der Waals surface area (Å²) in [5.41, 5.74) is 9.46. The van der Waals surface area contributed by atoms with Crippen molar-refractivity contribution in [2.24, 2.45) is 5.73 Å². The third kappa shape index (κ3) is 2.47. The van der Waals surface area contributed by atoms with Gasteiger partial charge in [0.05, 0.1) is 0 Å². The van der Waals surface area contributed by atoms with Gasteiger partial charge in [0.15, 0.2) is 0 Å². The third-order valence-electron chi connectivity index (χ3n) is 3.99. The minimum Gasteiger partial charge on any atom is -0.507 e. The van der Waals surface area contributed by atoms with E-state index in [1.54, 1.807) is 6.07 Å². The van der Waals surface area contributed by atoms with Crippen LogP contribution >= 0.6 is 0 Å². The summed E-state index contributed by atoms with van der Waals surface area (Å²) in [4.78, 5) is 0. The molecule has 3 N–H and O–H groups in total. The maximum absolute atomic E-state index is 13.3. The highest BCUT2D eigenvalue weighted by atomic mass is 19.1. The number of ether oxygens (including phenoxy) is 1. The number of hydrogen-bond acceptors (Lipinski definition) is 3. The van der Waals surface area contributed by atoms with E-state index in [0.29, 0.717) is 23.5 Å². The molecule has 3 nitrogen and oxygen atoms in total. The lowest BCUT2D eigenvalue weighted by molar-refractivity contribution is 0.161. The molecule has 0 aromatic heterocycles. The Balaban J connectivity index is 1.98. The topological polar surface area (TPSA) is 55.5 Å². The monoisotopic (exact) mass is 287 g/mol. The van der Waals surface area contributed by atoms with E-state index >= 15 is 0 Å². The molecule has 0 fully saturated rings. The van der Waals surface area contributed by atoms with E-state index in [1.165, 1.54) is 12.1 Å². The number of rotatable bonds is 1. The molecule has 0 saturated carbocycles. The van der Waals surface area contributed by atoms with Gasteiger partial charge in [0, 0.05) is 18.0 Å². The molecule has 0 radical (unpaired) electrons. The lowest BCUT2D eigenvalue weighted by Gasteiger charge is -2.31. The Kier molecular flexibility index (Phi) is 3.33. The van der Waals surface area contributed by atoms with Crippen LogP contribution in [-0.4, -0.2) is 5.11 Å². The molecule has 1 heterocycles. The van der Waals surface area contributed by atoms with Crippen molar-refractivity contribution in [3.63, 3.8) is 0 Å². The highest BCUT2D eigenvalue weighted by molar-refractivity contribution is 5.45. The first-order valence-corrected chi connectivity index (χ1v) is 6.97. The van der Waals surface area contributed by atoms with Crippen LogP contribution in [0, 0.1) is 19.7 Å². The van der Waals surface area contributed by atoms with E-state index < -0.39 is 0 Å². The summed E-state index contributed by atoms with van der Waals surface area (Å²) < 4.78 is 19.3. The molecule has 2 atom stereocenters. The van der Waals surface area contributed by atoms with E-state index in [0.717, 1.165) is 16.7 Å². The number of nitrogens with two attached hydrogens (primary N) is 1. The summed E-state index contributed by atoms with van der Waals surface area (Å²) in [6.07, 6.45) is 0.399. The van der Waals surface area contributed by atoms with Gasteiger partial charge in [-0.2, -0.15) is 0 Å². The SMILES string of the molecule is Cc1cc(C2CC(N)c3cc(F)ccc3O2)cc(C)c1O. The van der Waals surface area contributed by atoms with Gasteiger partial charge in [0.25, 0.3) is 0 Å². The highest BCUT2D eigenvalue weighted by Crippen LogP contribution is 2.41. The molecule has 0 saturated heterocycles. The minimum absolute atomic E-state index is 0.184. The van der Waals surface area contributed by atoms with E-state index in [4.69, 9.17) is 10.5 Å². The van der Waals surface area contributed by atoms with Crippen molar-refractivity contribution in [2.75, 3.05) is 0 Å². The Hall–Kier alpha value is -2.07. The first-order valence-electron chi connectivity index (χ1n) is 6.97. The Morgan fingerprint density at radius 2 is 1.86 bits per heavy atom. The van der Waals surface area contributed by atoms with Crippen LogP contribution in [0.4, 0.5) is 4.39 Å². The number of aromatic hydroxyl groups is 1. The van der Waals surface area contributed by atoms with Crippen molar-refractivity contribution in [1.82, 2.24) is 0 Å². The van der Waals surface area contributed by atoms with Crippen LogP contribution < -0.4 is 10.5 Å². The third-order valence-corrected chi connectivity index (χ3v) is 3.99. The normalized spacial score (nSPS) is 20.8. The molecule has 4 heteroatoms. The molecule has 2 aromatic carbocycles. The standard InChI is InChI=1S/C17H18FNO2/c1-9-5-11(6-10(2)17(9)20)16-8-14(19)13-7-12(18)3-4-15(13)21-16/h3-7,14,16,20H,8,19H2,1-2H3. The van der Waals surface area contributed by atoms with Gasteiger partial charge in [0.1, 0.15) is 23.4 Å². The highest BCUT2D eigenvalue weighted by Gasteiger charge is 2.28. The fourth-order valence-corrected chi connectivity index (χ4v) is 2.85.